The number of hydrogen-bond donors (Lipinski definition) is 3. The minimum atomic E-state index is -1.01. The number of rotatable bonds is 6. The molecule has 0 heterocycles. The van der Waals surface area contributed by atoms with Gasteiger partial charge in [-0.3, -0.25) is 9.59 Å². The highest BCUT2D eigenvalue weighted by atomic mass is 16.4. The molecule has 4 N–H and O–H groups in total. The zero-order valence-electron chi connectivity index (χ0n) is 11.9. The minimum absolute atomic E-state index is 0.0644. The number of anilines is 3. The molecule has 1 amide bonds. The number of nitrogens with two attached hydrogens (primary N) is 1. The smallest absolute Gasteiger partial charge is 0.323 e. The number of benzene rings is 2. The van der Waals surface area contributed by atoms with E-state index in [-0.39, 0.29) is 19.0 Å². The van der Waals surface area contributed by atoms with Crippen molar-refractivity contribution in [2.45, 2.75) is 0 Å². The number of nitrogen functional groups attached to an aromatic ring is 1. The van der Waals surface area contributed by atoms with Gasteiger partial charge in [-0.2, -0.15) is 0 Å². The van der Waals surface area contributed by atoms with E-state index in [1.54, 1.807) is 36.4 Å². The first kappa shape index (κ1) is 15.4. The summed E-state index contributed by atoms with van der Waals surface area (Å²) in [6, 6.07) is 15.7. The third-order valence-corrected chi connectivity index (χ3v) is 2.98. The summed E-state index contributed by atoms with van der Waals surface area (Å²) in [5.41, 5.74) is 7.49. The lowest BCUT2D eigenvalue weighted by Crippen LogP contribution is -2.37. The zero-order chi connectivity index (χ0) is 15.9. The van der Waals surface area contributed by atoms with Crippen LogP contribution in [0.1, 0.15) is 0 Å². The molecule has 6 nitrogen and oxygen atoms in total. The van der Waals surface area contributed by atoms with Gasteiger partial charge in [0.1, 0.15) is 6.54 Å². The SMILES string of the molecule is Nc1ccc(N(CC(=O)O)CC(=O)Nc2ccccc2)cc1. The highest BCUT2D eigenvalue weighted by Crippen LogP contribution is 2.16. The predicted octanol–water partition coefficient (Wildman–Crippen LogP) is 1.80. The Balaban J connectivity index is 2.07. The Morgan fingerprint density at radius 2 is 1.64 bits per heavy atom. The van der Waals surface area contributed by atoms with Crippen LogP contribution in [-0.4, -0.2) is 30.1 Å². The second kappa shape index (κ2) is 7.12. The second-order valence-corrected chi connectivity index (χ2v) is 4.76. The van der Waals surface area contributed by atoms with Crippen LogP contribution in [0.4, 0.5) is 17.1 Å². The van der Waals surface area contributed by atoms with Gasteiger partial charge in [0.2, 0.25) is 5.91 Å². The lowest BCUT2D eigenvalue weighted by Gasteiger charge is -2.22. The summed E-state index contributed by atoms with van der Waals surface area (Å²) in [7, 11) is 0. The summed E-state index contributed by atoms with van der Waals surface area (Å²) in [6.45, 7) is -0.336. The van der Waals surface area contributed by atoms with E-state index in [2.05, 4.69) is 5.32 Å². The zero-order valence-corrected chi connectivity index (χ0v) is 11.9. The number of para-hydroxylation sites is 1. The fraction of sp³-hybridized carbons (Fsp3) is 0.125. The number of carboxylic acids is 1. The van der Waals surface area contributed by atoms with Gasteiger partial charge in [-0.1, -0.05) is 18.2 Å². The lowest BCUT2D eigenvalue weighted by molar-refractivity contribution is -0.135. The number of nitrogens with one attached hydrogen (secondary N) is 1. The van der Waals surface area contributed by atoms with Crippen LogP contribution < -0.4 is 16.0 Å². The number of nitrogens with zero attached hydrogens (tertiary/aromatic N) is 1. The molecule has 0 saturated heterocycles. The van der Waals surface area contributed by atoms with Gasteiger partial charge in [-0.15, -0.1) is 0 Å². The van der Waals surface area contributed by atoms with Crippen molar-refractivity contribution in [1.29, 1.82) is 0 Å². The van der Waals surface area contributed by atoms with Crippen molar-refractivity contribution in [3.05, 3.63) is 54.6 Å². The van der Waals surface area contributed by atoms with E-state index in [1.807, 2.05) is 18.2 Å². The molecule has 114 valence electrons. The molecule has 0 aromatic heterocycles. The Hall–Kier alpha value is -3.02. The summed E-state index contributed by atoms with van der Waals surface area (Å²) >= 11 is 0. The Kier molecular flexibility index (Phi) is 4.98. The maximum Gasteiger partial charge on any atom is 0.323 e. The van der Waals surface area contributed by atoms with Crippen molar-refractivity contribution in [2.24, 2.45) is 0 Å². The van der Waals surface area contributed by atoms with Gasteiger partial charge in [-0.25, -0.2) is 0 Å². The molecule has 2 aromatic rings. The predicted molar refractivity (Wildman–Crippen MR) is 85.8 cm³/mol. The van der Waals surface area contributed by atoms with Crippen molar-refractivity contribution in [1.82, 2.24) is 0 Å². The Morgan fingerprint density at radius 3 is 2.23 bits per heavy atom. The van der Waals surface area contributed by atoms with E-state index in [1.165, 1.54) is 4.90 Å². The number of carboxylic acid groups (broad SMARTS) is 1. The molecule has 0 atom stereocenters. The third kappa shape index (κ3) is 4.52. The quantitative estimate of drug-likeness (QED) is 0.707. The first-order valence-electron chi connectivity index (χ1n) is 6.72. The van der Waals surface area contributed by atoms with E-state index in [0.717, 1.165) is 0 Å². The van der Waals surface area contributed by atoms with Gasteiger partial charge < -0.3 is 21.1 Å². The van der Waals surface area contributed by atoms with Crippen molar-refractivity contribution in [3.63, 3.8) is 0 Å². The number of amides is 1. The van der Waals surface area contributed by atoms with Crippen LogP contribution in [-0.2, 0) is 9.59 Å². The topological polar surface area (TPSA) is 95.7 Å². The molecular formula is C16H17N3O3. The molecule has 0 aliphatic carbocycles. The highest BCUT2D eigenvalue weighted by Gasteiger charge is 2.15. The lowest BCUT2D eigenvalue weighted by atomic mass is 10.2. The molecular weight excluding hydrogens is 282 g/mol. The number of carbonyl (C=O) groups is 2. The first-order valence-corrected chi connectivity index (χ1v) is 6.72. The average molecular weight is 299 g/mol. The number of aliphatic carboxylic acids is 1. The Morgan fingerprint density at radius 1 is 1.00 bits per heavy atom. The standard InChI is InChI=1S/C16H17N3O3/c17-12-6-8-14(9-7-12)19(11-16(21)22)10-15(20)18-13-4-2-1-3-5-13/h1-9H,10-11,17H2,(H,18,20)(H,21,22). The van der Waals surface area contributed by atoms with Crippen LogP contribution in [0.3, 0.4) is 0 Å². The van der Waals surface area contributed by atoms with E-state index in [4.69, 9.17) is 10.8 Å². The largest absolute Gasteiger partial charge is 0.480 e. The van der Waals surface area contributed by atoms with Crippen LogP contribution in [0, 0.1) is 0 Å². The van der Waals surface area contributed by atoms with Gasteiger partial charge in [0.05, 0.1) is 6.54 Å². The van der Waals surface area contributed by atoms with E-state index >= 15 is 0 Å². The van der Waals surface area contributed by atoms with Crippen LogP contribution >= 0.6 is 0 Å². The van der Waals surface area contributed by atoms with Crippen LogP contribution in [0.15, 0.2) is 54.6 Å². The fourth-order valence-corrected chi connectivity index (χ4v) is 1.98. The van der Waals surface area contributed by atoms with Crippen LogP contribution in [0.5, 0.6) is 0 Å². The van der Waals surface area contributed by atoms with Gasteiger partial charge in [-0.05, 0) is 36.4 Å². The van der Waals surface area contributed by atoms with Crippen molar-refractivity contribution in [3.8, 4) is 0 Å². The summed E-state index contributed by atoms with van der Waals surface area (Å²) in [4.78, 5) is 24.5. The van der Waals surface area contributed by atoms with Gasteiger partial charge in [0.25, 0.3) is 0 Å². The maximum atomic E-state index is 12.1. The normalized spacial score (nSPS) is 10.0. The first-order chi connectivity index (χ1) is 10.5. The molecule has 0 spiro atoms. The molecule has 0 unspecified atom stereocenters. The summed E-state index contributed by atoms with van der Waals surface area (Å²) < 4.78 is 0. The highest BCUT2D eigenvalue weighted by molar-refractivity contribution is 5.94. The van der Waals surface area contributed by atoms with Crippen molar-refractivity contribution in [2.75, 3.05) is 29.0 Å². The van der Waals surface area contributed by atoms with E-state index in [9.17, 15) is 9.59 Å². The van der Waals surface area contributed by atoms with Gasteiger partial charge in [0.15, 0.2) is 0 Å². The Bertz CT molecular complexity index is 641. The molecule has 6 heteroatoms. The molecule has 0 fully saturated rings. The van der Waals surface area contributed by atoms with Crippen molar-refractivity contribution >= 4 is 28.9 Å². The molecule has 0 bridgehead atoms. The molecule has 2 rings (SSSR count). The van der Waals surface area contributed by atoms with Gasteiger partial charge in [0, 0.05) is 17.1 Å². The second-order valence-electron chi connectivity index (χ2n) is 4.76. The summed E-state index contributed by atoms with van der Waals surface area (Å²) in [5.74, 6) is -1.30. The number of hydrogen-bond acceptors (Lipinski definition) is 4. The minimum Gasteiger partial charge on any atom is -0.480 e. The van der Waals surface area contributed by atoms with Crippen LogP contribution in [0.25, 0.3) is 0 Å². The summed E-state index contributed by atoms with van der Waals surface area (Å²) in [5, 5.41) is 11.7. The average Bonchev–Trinajstić information content (AvgIpc) is 2.48. The molecule has 0 aliphatic rings. The fourth-order valence-electron chi connectivity index (χ4n) is 1.98. The third-order valence-electron chi connectivity index (χ3n) is 2.98. The monoisotopic (exact) mass is 299 g/mol. The molecule has 0 saturated carbocycles. The molecule has 0 radical (unpaired) electrons. The Labute approximate surface area is 128 Å². The molecule has 2 aromatic carbocycles. The summed E-state index contributed by atoms with van der Waals surface area (Å²) in [6.07, 6.45) is 0. The van der Waals surface area contributed by atoms with Crippen LogP contribution in [0.2, 0.25) is 0 Å². The molecule has 22 heavy (non-hydrogen) atoms. The van der Waals surface area contributed by atoms with Crippen molar-refractivity contribution < 1.29 is 14.7 Å². The number of carbonyl (C=O) groups excluding carboxylic acids is 1. The maximum absolute atomic E-state index is 12.1. The van der Waals surface area contributed by atoms with E-state index < -0.39 is 5.97 Å². The van der Waals surface area contributed by atoms with Gasteiger partial charge >= 0.3 is 5.97 Å². The molecule has 0 aliphatic heterocycles. The van der Waals surface area contributed by atoms with E-state index in [0.29, 0.717) is 17.1 Å².